The molecule has 0 bridgehead atoms. The van der Waals surface area contributed by atoms with Crippen molar-refractivity contribution >= 4 is 23.5 Å². The summed E-state index contributed by atoms with van der Waals surface area (Å²) in [5.41, 5.74) is 9.87. The first kappa shape index (κ1) is 33.4. The van der Waals surface area contributed by atoms with E-state index in [4.69, 9.17) is 20.5 Å². The van der Waals surface area contributed by atoms with Gasteiger partial charge in [-0.15, -0.1) is 0 Å². The topological polar surface area (TPSA) is 142 Å². The number of nitrogens with two attached hydrogens (primary N) is 1. The van der Waals surface area contributed by atoms with E-state index in [1.165, 1.54) is 10.5 Å². The number of fused-ring (bicyclic) bond motifs is 1. The second-order valence-electron chi connectivity index (χ2n) is 13.0. The molecule has 1 saturated heterocycles. The Bertz CT molecular complexity index is 1640. The lowest BCUT2D eigenvalue weighted by molar-refractivity contribution is -0.155. The molecule has 246 valence electrons. The number of hydrogen-bond donors (Lipinski definition) is 1. The van der Waals surface area contributed by atoms with E-state index in [2.05, 4.69) is 52.0 Å². The fourth-order valence-electron chi connectivity index (χ4n) is 6.08. The number of nitrogens with zero attached hydrogens (tertiary/aromatic N) is 5. The molecular weight excluding hydrogens is 596 g/mol. The number of amides is 2. The Morgan fingerprint density at radius 1 is 1.04 bits per heavy atom. The van der Waals surface area contributed by atoms with Gasteiger partial charge < -0.3 is 25.0 Å². The van der Waals surface area contributed by atoms with Crippen molar-refractivity contribution in [2.75, 3.05) is 31.1 Å². The van der Waals surface area contributed by atoms with Crippen LogP contribution in [0.15, 0.2) is 60.8 Å². The normalized spacial score (nSPS) is 16.3. The molecule has 0 unspecified atom stereocenters. The van der Waals surface area contributed by atoms with Crippen molar-refractivity contribution in [1.82, 2.24) is 14.8 Å². The molecule has 2 atom stereocenters. The molecule has 5 rings (SSSR count). The minimum Gasteiger partial charge on any atom is -0.489 e. The van der Waals surface area contributed by atoms with E-state index < -0.39 is 23.5 Å². The van der Waals surface area contributed by atoms with Crippen molar-refractivity contribution in [3.63, 3.8) is 0 Å². The summed E-state index contributed by atoms with van der Waals surface area (Å²) in [5.74, 6) is -0.859. The van der Waals surface area contributed by atoms with E-state index in [0.717, 1.165) is 37.4 Å². The number of pyridine rings is 1. The number of anilines is 1. The van der Waals surface area contributed by atoms with Crippen LogP contribution in [0.4, 0.5) is 5.69 Å². The number of rotatable bonds is 11. The molecule has 2 amide bonds. The van der Waals surface area contributed by atoms with Crippen molar-refractivity contribution in [2.45, 2.75) is 71.4 Å². The number of carbonyl (C=O) groups is 3. The van der Waals surface area contributed by atoms with Crippen LogP contribution in [0.2, 0.25) is 0 Å². The van der Waals surface area contributed by atoms with Crippen molar-refractivity contribution < 1.29 is 23.9 Å². The van der Waals surface area contributed by atoms with E-state index in [0.29, 0.717) is 29.2 Å². The van der Waals surface area contributed by atoms with Gasteiger partial charge in [0.1, 0.15) is 35.8 Å². The molecule has 1 aromatic heterocycles. The number of ether oxygens (including phenoxy) is 2. The zero-order chi connectivity index (χ0) is 33.7. The van der Waals surface area contributed by atoms with Crippen LogP contribution >= 0.6 is 0 Å². The van der Waals surface area contributed by atoms with E-state index in [-0.39, 0.29) is 31.3 Å². The fraction of sp³-hybridized carbons (Fsp3) is 0.417. The van der Waals surface area contributed by atoms with Crippen LogP contribution in [0.25, 0.3) is 0 Å². The predicted octanol–water partition coefficient (Wildman–Crippen LogP) is 4.35. The van der Waals surface area contributed by atoms with Crippen LogP contribution in [-0.4, -0.2) is 70.4 Å². The summed E-state index contributed by atoms with van der Waals surface area (Å²) in [6, 6.07) is 18.7. The SMILES string of the molecule is C[C@H](c1ccc(COc2cccc3c2CN([C@@H](CCC(=O)OC(C)(C)C)C(N)=O)C3=O)cc1)N1CCN(c2ccc(C#N)nc2)CC1. The minimum absolute atomic E-state index is 0.0323. The maximum atomic E-state index is 13.3. The molecule has 0 saturated carbocycles. The largest absolute Gasteiger partial charge is 0.489 e. The van der Waals surface area contributed by atoms with Gasteiger partial charge in [0.05, 0.1) is 18.4 Å². The lowest BCUT2D eigenvalue weighted by atomic mass is 10.0. The number of piperazine rings is 1. The van der Waals surface area contributed by atoms with Crippen LogP contribution in [0.3, 0.4) is 0 Å². The summed E-state index contributed by atoms with van der Waals surface area (Å²) < 4.78 is 11.6. The summed E-state index contributed by atoms with van der Waals surface area (Å²) in [6.45, 7) is 11.6. The van der Waals surface area contributed by atoms with E-state index in [1.807, 2.05) is 12.1 Å². The summed E-state index contributed by atoms with van der Waals surface area (Å²) in [4.78, 5) is 48.3. The van der Waals surface area contributed by atoms with Crippen LogP contribution in [0, 0.1) is 11.3 Å². The summed E-state index contributed by atoms with van der Waals surface area (Å²) >= 11 is 0. The van der Waals surface area contributed by atoms with Crippen molar-refractivity contribution in [1.29, 1.82) is 5.26 Å². The van der Waals surface area contributed by atoms with Gasteiger partial charge in [-0.05, 0) is 69.5 Å². The van der Waals surface area contributed by atoms with Gasteiger partial charge in [-0.3, -0.25) is 19.3 Å². The summed E-state index contributed by atoms with van der Waals surface area (Å²) in [5, 5.41) is 9.00. The standard InChI is InChI=1S/C36H42N6O5/c1-24(40-16-18-41(19-17-40)28-13-12-27(20-37)39-21-28)26-10-8-25(9-11-26)23-46-32-7-5-6-29-30(32)22-42(35(29)45)31(34(38)44)14-15-33(43)47-36(2,3)4/h5-13,21,24,31H,14-19,22-23H2,1-4H3,(H2,38,44)/t24-,31+/m1/s1. The second kappa shape index (κ2) is 14.2. The molecule has 0 aliphatic carbocycles. The van der Waals surface area contributed by atoms with Gasteiger partial charge in [0.25, 0.3) is 5.91 Å². The lowest BCUT2D eigenvalue weighted by Gasteiger charge is -2.39. The maximum absolute atomic E-state index is 13.3. The van der Waals surface area contributed by atoms with Gasteiger partial charge in [0.15, 0.2) is 0 Å². The Hall–Kier alpha value is -4.95. The highest BCUT2D eigenvalue weighted by Crippen LogP contribution is 2.34. The second-order valence-corrected chi connectivity index (χ2v) is 13.0. The van der Waals surface area contributed by atoms with Crippen LogP contribution in [-0.2, 0) is 27.5 Å². The van der Waals surface area contributed by atoms with E-state index in [9.17, 15) is 14.4 Å². The number of primary amides is 1. The van der Waals surface area contributed by atoms with Gasteiger partial charge in [-0.1, -0.05) is 30.3 Å². The quantitative estimate of drug-likeness (QED) is 0.304. The Kier molecular flexibility index (Phi) is 10.1. The van der Waals surface area contributed by atoms with E-state index in [1.54, 1.807) is 45.2 Å². The number of esters is 1. The third kappa shape index (κ3) is 8.07. The van der Waals surface area contributed by atoms with E-state index >= 15 is 0 Å². The number of benzene rings is 2. The summed E-state index contributed by atoms with van der Waals surface area (Å²) in [7, 11) is 0. The molecule has 3 heterocycles. The molecule has 11 nitrogen and oxygen atoms in total. The molecule has 2 aliphatic heterocycles. The Labute approximate surface area is 275 Å². The fourth-order valence-corrected chi connectivity index (χ4v) is 6.08. The first-order valence-corrected chi connectivity index (χ1v) is 15.9. The van der Waals surface area contributed by atoms with Gasteiger partial charge in [-0.25, -0.2) is 4.98 Å². The number of carbonyl (C=O) groups excluding carboxylic acids is 3. The minimum atomic E-state index is -0.944. The molecule has 0 radical (unpaired) electrons. The number of nitriles is 1. The predicted molar refractivity (Wildman–Crippen MR) is 176 cm³/mol. The van der Waals surface area contributed by atoms with Gasteiger partial charge in [-0.2, -0.15) is 5.26 Å². The Balaban J connectivity index is 1.16. The molecule has 2 aliphatic rings. The highest BCUT2D eigenvalue weighted by molar-refractivity contribution is 6.01. The number of aromatic nitrogens is 1. The first-order valence-electron chi connectivity index (χ1n) is 15.9. The van der Waals surface area contributed by atoms with Crippen LogP contribution < -0.4 is 15.4 Å². The number of hydrogen-bond acceptors (Lipinski definition) is 9. The molecule has 47 heavy (non-hydrogen) atoms. The third-order valence-corrected chi connectivity index (χ3v) is 8.65. The molecule has 3 aromatic rings. The molecule has 2 N–H and O–H groups in total. The Morgan fingerprint density at radius 3 is 2.38 bits per heavy atom. The maximum Gasteiger partial charge on any atom is 0.306 e. The van der Waals surface area contributed by atoms with Gasteiger partial charge in [0, 0.05) is 49.8 Å². The van der Waals surface area contributed by atoms with Gasteiger partial charge in [0.2, 0.25) is 5.91 Å². The zero-order valence-electron chi connectivity index (χ0n) is 27.4. The molecule has 0 spiro atoms. The average Bonchev–Trinajstić information content (AvgIpc) is 3.39. The highest BCUT2D eigenvalue weighted by Gasteiger charge is 2.37. The van der Waals surface area contributed by atoms with Gasteiger partial charge >= 0.3 is 5.97 Å². The van der Waals surface area contributed by atoms with Crippen molar-refractivity contribution in [3.8, 4) is 11.8 Å². The lowest BCUT2D eigenvalue weighted by Crippen LogP contribution is -2.47. The van der Waals surface area contributed by atoms with Crippen molar-refractivity contribution in [2.24, 2.45) is 5.73 Å². The molecular formula is C36H42N6O5. The van der Waals surface area contributed by atoms with Crippen LogP contribution in [0.5, 0.6) is 5.75 Å². The zero-order valence-corrected chi connectivity index (χ0v) is 27.4. The average molecular weight is 639 g/mol. The molecule has 2 aromatic carbocycles. The molecule has 11 heteroatoms. The monoisotopic (exact) mass is 638 g/mol. The smallest absolute Gasteiger partial charge is 0.306 e. The highest BCUT2D eigenvalue weighted by atomic mass is 16.6. The Morgan fingerprint density at radius 2 is 1.77 bits per heavy atom. The first-order chi connectivity index (χ1) is 22.4. The van der Waals surface area contributed by atoms with Crippen molar-refractivity contribution in [3.05, 3.63) is 88.7 Å². The molecule has 1 fully saturated rings. The third-order valence-electron chi connectivity index (χ3n) is 8.65. The summed E-state index contributed by atoms with van der Waals surface area (Å²) in [6.07, 6.45) is 1.81. The van der Waals surface area contributed by atoms with Crippen LogP contribution in [0.1, 0.15) is 79.3 Å².